The number of benzene rings is 3. The van der Waals surface area contributed by atoms with Crippen molar-refractivity contribution >= 4 is 11.7 Å². The molecule has 3 aromatic carbocycles. The van der Waals surface area contributed by atoms with Gasteiger partial charge in [0.15, 0.2) is 0 Å². The highest BCUT2D eigenvalue weighted by Gasteiger charge is 2.24. The van der Waals surface area contributed by atoms with Gasteiger partial charge in [-0.2, -0.15) is 5.26 Å². The minimum absolute atomic E-state index is 0.372. The Morgan fingerprint density at radius 2 is 1.40 bits per heavy atom. The van der Waals surface area contributed by atoms with Crippen molar-refractivity contribution in [1.29, 1.82) is 5.26 Å². The van der Waals surface area contributed by atoms with Crippen LogP contribution in [0.4, 0.5) is 11.7 Å². The van der Waals surface area contributed by atoms with Gasteiger partial charge in [-0.05, 0) is 25.0 Å². The molecule has 0 saturated carbocycles. The maximum absolute atomic E-state index is 10.2. The van der Waals surface area contributed by atoms with Crippen LogP contribution in [0.3, 0.4) is 0 Å². The summed E-state index contributed by atoms with van der Waals surface area (Å²) < 4.78 is 6.37. The Hall–Kier alpha value is -4.69. The number of rotatable bonds is 6. The first kappa shape index (κ1) is 22.1. The molecule has 5 rings (SSSR count). The zero-order valence-corrected chi connectivity index (χ0v) is 19.6. The first-order chi connectivity index (χ1) is 17.1. The highest BCUT2D eigenvalue weighted by Crippen LogP contribution is 2.42. The third kappa shape index (κ3) is 4.55. The molecule has 0 bridgehead atoms. The second-order valence-corrected chi connectivity index (χ2v) is 8.32. The lowest BCUT2D eigenvalue weighted by molar-refractivity contribution is 0.599. The van der Waals surface area contributed by atoms with Gasteiger partial charge in [0.05, 0.1) is 0 Å². The second kappa shape index (κ2) is 9.66. The Morgan fingerprint density at radius 3 is 2.03 bits per heavy atom. The van der Waals surface area contributed by atoms with Crippen LogP contribution >= 0.6 is 0 Å². The number of hydrogen-bond acceptors (Lipinski definition) is 5. The fraction of sp³-hybridized carbons (Fsp3) is 0.100. The highest BCUT2D eigenvalue weighted by molar-refractivity contribution is 5.89. The van der Waals surface area contributed by atoms with E-state index in [9.17, 15) is 5.26 Å². The molecule has 0 unspecified atom stereocenters. The molecular weight excluding hydrogens is 432 g/mol. The molecule has 35 heavy (non-hydrogen) atoms. The Labute approximate surface area is 204 Å². The van der Waals surface area contributed by atoms with E-state index in [-0.39, 0.29) is 0 Å². The number of furan rings is 1. The monoisotopic (exact) mass is 456 g/mol. The van der Waals surface area contributed by atoms with Gasteiger partial charge in [-0.3, -0.25) is 0 Å². The fourth-order valence-electron chi connectivity index (χ4n) is 4.26. The number of nitrogens with zero attached hydrogens (tertiary/aromatic N) is 3. The predicted molar refractivity (Wildman–Crippen MR) is 138 cm³/mol. The number of anilines is 2. The summed E-state index contributed by atoms with van der Waals surface area (Å²) in [5.41, 5.74) is 6.02. The Kier molecular flexibility index (Phi) is 6.11. The lowest BCUT2D eigenvalue weighted by Gasteiger charge is -2.13. The Bertz CT molecular complexity index is 1500. The molecule has 170 valence electrons. The molecule has 0 atom stereocenters. The van der Waals surface area contributed by atoms with Crippen LogP contribution in [-0.4, -0.2) is 9.97 Å². The van der Waals surface area contributed by atoms with Crippen LogP contribution in [0.5, 0.6) is 0 Å². The zero-order chi connectivity index (χ0) is 24.2. The Morgan fingerprint density at radius 1 is 0.800 bits per heavy atom. The summed E-state index contributed by atoms with van der Waals surface area (Å²) in [5, 5.41) is 13.6. The van der Waals surface area contributed by atoms with Gasteiger partial charge >= 0.3 is 0 Å². The average Bonchev–Trinajstić information content (AvgIpc) is 3.26. The molecule has 0 amide bonds. The Balaban J connectivity index is 1.66. The van der Waals surface area contributed by atoms with E-state index in [4.69, 9.17) is 9.40 Å². The largest absolute Gasteiger partial charge is 0.438 e. The molecule has 0 aliphatic rings. The first-order valence-corrected chi connectivity index (χ1v) is 11.5. The molecule has 0 fully saturated rings. The number of aryl methyl sites for hydroxylation is 2. The van der Waals surface area contributed by atoms with Crippen molar-refractivity contribution in [1.82, 2.24) is 9.97 Å². The zero-order valence-electron chi connectivity index (χ0n) is 19.6. The summed E-state index contributed by atoms with van der Waals surface area (Å²) in [7, 11) is 0. The van der Waals surface area contributed by atoms with E-state index >= 15 is 0 Å². The molecule has 5 aromatic rings. The average molecular weight is 457 g/mol. The van der Waals surface area contributed by atoms with Crippen LogP contribution in [0, 0.1) is 25.2 Å². The number of nitrogens with one attached hydrogen (secondary N) is 1. The molecule has 5 heteroatoms. The molecule has 0 spiro atoms. The highest BCUT2D eigenvalue weighted by atomic mass is 16.4. The second-order valence-electron chi connectivity index (χ2n) is 8.32. The van der Waals surface area contributed by atoms with Crippen LogP contribution in [0.1, 0.15) is 28.2 Å². The van der Waals surface area contributed by atoms with Crippen molar-refractivity contribution in [3.8, 4) is 28.5 Å². The van der Waals surface area contributed by atoms with Gasteiger partial charge in [-0.1, -0.05) is 91.0 Å². The van der Waals surface area contributed by atoms with E-state index in [2.05, 4.69) is 28.5 Å². The van der Waals surface area contributed by atoms with Gasteiger partial charge in [0.2, 0.25) is 5.88 Å². The molecule has 0 aliphatic carbocycles. The maximum Gasteiger partial charge on any atom is 0.217 e. The number of aromatic nitrogens is 2. The van der Waals surface area contributed by atoms with Crippen LogP contribution in [0.25, 0.3) is 22.5 Å². The van der Waals surface area contributed by atoms with Crippen LogP contribution < -0.4 is 5.32 Å². The number of nitriles is 1. The van der Waals surface area contributed by atoms with Crippen molar-refractivity contribution in [2.75, 3.05) is 5.32 Å². The molecule has 2 heterocycles. The first-order valence-electron chi connectivity index (χ1n) is 11.5. The minimum atomic E-state index is 0.372. The van der Waals surface area contributed by atoms with Gasteiger partial charge < -0.3 is 9.73 Å². The van der Waals surface area contributed by atoms with Gasteiger partial charge in [0, 0.05) is 28.8 Å². The van der Waals surface area contributed by atoms with Gasteiger partial charge in [0.1, 0.15) is 29.0 Å². The summed E-state index contributed by atoms with van der Waals surface area (Å²) >= 11 is 0. The lowest BCUT2D eigenvalue weighted by atomic mass is 9.98. The SMILES string of the molecule is Cc1nc(C)c(Cc2ccccc2)c(Nc2oc(-c3ccccc3)c(-c3ccccc3)c2C#N)n1. The van der Waals surface area contributed by atoms with E-state index in [1.165, 1.54) is 0 Å². The summed E-state index contributed by atoms with van der Waals surface area (Å²) in [6.07, 6.45) is 0.662. The van der Waals surface area contributed by atoms with Crippen molar-refractivity contribution < 1.29 is 4.42 Å². The standard InChI is InChI=1S/C30H24N4O/c1-20-25(18-22-12-6-3-7-13-22)29(33-21(2)32-20)34-30-26(19-31)27(23-14-8-4-9-15-23)28(35-30)24-16-10-5-11-17-24/h3-17H,18H2,1-2H3,(H,32,33,34). The smallest absolute Gasteiger partial charge is 0.217 e. The molecule has 5 nitrogen and oxygen atoms in total. The van der Waals surface area contributed by atoms with E-state index in [0.717, 1.165) is 33.5 Å². The molecule has 2 aromatic heterocycles. The van der Waals surface area contributed by atoms with E-state index in [1.54, 1.807) is 0 Å². The van der Waals surface area contributed by atoms with E-state index in [1.807, 2.05) is 92.7 Å². The van der Waals surface area contributed by atoms with Crippen molar-refractivity contribution in [2.45, 2.75) is 20.3 Å². The van der Waals surface area contributed by atoms with Crippen molar-refractivity contribution in [3.05, 3.63) is 119 Å². The lowest BCUT2D eigenvalue weighted by Crippen LogP contribution is -2.07. The van der Waals surface area contributed by atoms with Crippen molar-refractivity contribution in [3.63, 3.8) is 0 Å². The van der Waals surface area contributed by atoms with Crippen LogP contribution in [-0.2, 0) is 6.42 Å². The van der Waals surface area contributed by atoms with E-state index < -0.39 is 0 Å². The van der Waals surface area contributed by atoms with Crippen LogP contribution in [0.2, 0.25) is 0 Å². The maximum atomic E-state index is 10.2. The summed E-state index contributed by atoms with van der Waals surface area (Å²) in [6.45, 7) is 3.85. The van der Waals surface area contributed by atoms with Gasteiger partial charge in [0.25, 0.3) is 0 Å². The molecule has 0 saturated heterocycles. The van der Waals surface area contributed by atoms with Crippen molar-refractivity contribution in [2.24, 2.45) is 0 Å². The van der Waals surface area contributed by atoms with Gasteiger partial charge in [-0.25, -0.2) is 9.97 Å². The molecular formula is C30H24N4O. The topological polar surface area (TPSA) is 74.7 Å². The minimum Gasteiger partial charge on any atom is -0.438 e. The normalized spacial score (nSPS) is 10.7. The number of hydrogen-bond donors (Lipinski definition) is 1. The third-order valence-corrected chi connectivity index (χ3v) is 5.90. The fourth-order valence-corrected chi connectivity index (χ4v) is 4.26. The quantitative estimate of drug-likeness (QED) is 0.292. The summed E-state index contributed by atoms with van der Waals surface area (Å²) in [4.78, 5) is 9.28. The molecule has 0 radical (unpaired) electrons. The third-order valence-electron chi connectivity index (χ3n) is 5.90. The van der Waals surface area contributed by atoms with Gasteiger partial charge in [-0.15, -0.1) is 0 Å². The predicted octanol–water partition coefficient (Wildman–Crippen LogP) is 7.23. The molecule has 0 aliphatic heterocycles. The molecule has 1 N–H and O–H groups in total. The summed E-state index contributed by atoms with van der Waals surface area (Å²) in [6, 6.07) is 32.3. The van der Waals surface area contributed by atoms with Crippen LogP contribution in [0.15, 0.2) is 95.4 Å². The summed E-state index contributed by atoms with van der Waals surface area (Å²) in [5.74, 6) is 2.31. The van der Waals surface area contributed by atoms with E-state index in [0.29, 0.717) is 35.3 Å².